The lowest BCUT2D eigenvalue weighted by Crippen LogP contribution is -2.43. The number of hydrogen-bond donors (Lipinski definition) is 3. The van der Waals surface area contributed by atoms with E-state index in [0.717, 1.165) is 38.9 Å². The Morgan fingerprint density at radius 1 is 1.15 bits per heavy atom. The van der Waals surface area contributed by atoms with Crippen LogP contribution in [-0.2, 0) is 9.53 Å². The highest BCUT2D eigenvalue weighted by Crippen LogP contribution is 2.28. The van der Waals surface area contributed by atoms with Crippen LogP contribution in [0.3, 0.4) is 0 Å². The smallest absolute Gasteiger partial charge is 0.314 e. The van der Waals surface area contributed by atoms with E-state index in [4.69, 9.17) is 9.84 Å². The summed E-state index contributed by atoms with van der Waals surface area (Å²) in [6.07, 6.45) is 4.45. The third-order valence-electron chi connectivity index (χ3n) is 3.73. The van der Waals surface area contributed by atoms with Crippen LogP contribution in [0.25, 0.3) is 0 Å². The number of hydrogen-bond acceptors (Lipinski definition) is 3. The monoisotopic (exact) mass is 286 g/mol. The fraction of sp³-hybridized carbons (Fsp3) is 0.857. The van der Waals surface area contributed by atoms with E-state index in [1.54, 1.807) is 0 Å². The summed E-state index contributed by atoms with van der Waals surface area (Å²) in [6, 6.07) is -0.143. The molecule has 0 spiro atoms. The van der Waals surface area contributed by atoms with Gasteiger partial charge in [0, 0.05) is 32.7 Å². The largest absolute Gasteiger partial charge is 0.481 e. The Labute approximate surface area is 120 Å². The summed E-state index contributed by atoms with van der Waals surface area (Å²) < 4.78 is 5.32. The van der Waals surface area contributed by atoms with Crippen molar-refractivity contribution in [3.8, 4) is 0 Å². The van der Waals surface area contributed by atoms with Gasteiger partial charge in [-0.2, -0.15) is 0 Å². The number of carbonyl (C=O) groups is 2. The molecule has 0 aromatic rings. The molecule has 116 valence electrons. The average molecular weight is 286 g/mol. The van der Waals surface area contributed by atoms with E-state index in [1.165, 1.54) is 0 Å². The number of carboxylic acids is 1. The Hall–Kier alpha value is -1.30. The molecule has 0 aromatic heterocycles. The van der Waals surface area contributed by atoms with Crippen LogP contribution in [-0.4, -0.2) is 43.4 Å². The van der Waals surface area contributed by atoms with Gasteiger partial charge in [0.25, 0.3) is 0 Å². The molecule has 1 fully saturated rings. The van der Waals surface area contributed by atoms with Gasteiger partial charge < -0.3 is 20.5 Å². The van der Waals surface area contributed by atoms with Gasteiger partial charge in [-0.1, -0.05) is 13.3 Å². The van der Waals surface area contributed by atoms with Crippen molar-refractivity contribution in [3.05, 3.63) is 0 Å². The Balaban J connectivity index is 2.01. The third-order valence-corrected chi connectivity index (χ3v) is 3.73. The predicted molar refractivity (Wildman–Crippen MR) is 75.7 cm³/mol. The molecule has 0 unspecified atom stereocenters. The number of urea groups is 1. The molecule has 20 heavy (non-hydrogen) atoms. The van der Waals surface area contributed by atoms with E-state index in [1.807, 2.05) is 0 Å². The lowest BCUT2D eigenvalue weighted by Gasteiger charge is -2.33. The van der Waals surface area contributed by atoms with E-state index in [0.29, 0.717) is 19.5 Å². The van der Waals surface area contributed by atoms with Gasteiger partial charge in [-0.25, -0.2) is 4.79 Å². The van der Waals surface area contributed by atoms with Gasteiger partial charge in [-0.15, -0.1) is 0 Å². The Bertz CT molecular complexity index is 314. The van der Waals surface area contributed by atoms with Crippen molar-refractivity contribution in [1.82, 2.24) is 10.6 Å². The number of unbranched alkanes of at least 4 members (excludes halogenated alkanes) is 2. The van der Waals surface area contributed by atoms with Gasteiger partial charge in [-0.3, -0.25) is 4.79 Å². The van der Waals surface area contributed by atoms with Crippen LogP contribution in [0.1, 0.15) is 45.4 Å². The van der Waals surface area contributed by atoms with Gasteiger partial charge in [-0.05, 0) is 31.1 Å². The predicted octanol–water partition coefficient (Wildman–Crippen LogP) is 1.75. The summed E-state index contributed by atoms with van der Waals surface area (Å²) >= 11 is 0. The Morgan fingerprint density at radius 2 is 1.85 bits per heavy atom. The van der Waals surface area contributed by atoms with Crippen molar-refractivity contribution >= 4 is 12.0 Å². The summed E-state index contributed by atoms with van der Waals surface area (Å²) in [4.78, 5) is 21.9. The van der Waals surface area contributed by atoms with Gasteiger partial charge >= 0.3 is 12.0 Å². The molecule has 0 aliphatic carbocycles. The lowest BCUT2D eigenvalue weighted by molar-refractivity contribution is -0.137. The molecule has 0 saturated carbocycles. The van der Waals surface area contributed by atoms with Crippen LogP contribution in [0.15, 0.2) is 0 Å². The molecule has 0 aromatic carbocycles. The van der Waals surface area contributed by atoms with Gasteiger partial charge in [0.2, 0.25) is 0 Å². The SMILES string of the molecule is CC1(CNC(=O)NCCCCCC(=O)O)CCOCC1. The number of rotatable bonds is 8. The first-order chi connectivity index (χ1) is 9.52. The Morgan fingerprint density at radius 3 is 2.50 bits per heavy atom. The molecule has 1 saturated heterocycles. The molecule has 6 heteroatoms. The number of ether oxygens (including phenoxy) is 1. The van der Waals surface area contributed by atoms with Gasteiger partial charge in [0.1, 0.15) is 0 Å². The average Bonchev–Trinajstić information content (AvgIpc) is 2.41. The molecule has 0 radical (unpaired) electrons. The zero-order valence-electron chi connectivity index (χ0n) is 12.2. The maximum absolute atomic E-state index is 11.6. The highest BCUT2D eigenvalue weighted by atomic mass is 16.5. The minimum atomic E-state index is -0.764. The third kappa shape index (κ3) is 7.33. The minimum absolute atomic E-state index is 0.136. The quantitative estimate of drug-likeness (QED) is 0.593. The van der Waals surface area contributed by atoms with Crippen molar-refractivity contribution in [3.63, 3.8) is 0 Å². The summed E-state index contributed by atoms with van der Waals surface area (Å²) in [7, 11) is 0. The zero-order valence-corrected chi connectivity index (χ0v) is 12.2. The first-order valence-corrected chi connectivity index (χ1v) is 7.33. The number of aliphatic carboxylic acids is 1. The highest BCUT2D eigenvalue weighted by Gasteiger charge is 2.27. The zero-order chi connectivity index (χ0) is 14.8. The van der Waals surface area contributed by atoms with E-state index in [9.17, 15) is 9.59 Å². The van der Waals surface area contributed by atoms with Crippen molar-refractivity contribution in [1.29, 1.82) is 0 Å². The number of amides is 2. The van der Waals surface area contributed by atoms with Crippen LogP contribution in [0.2, 0.25) is 0 Å². The number of nitrogens with one attached hydrogen (secondary N) is 2. The molecule has 0 bridgehead atoms. The van der Waals surface area contributed by atoms with Crippen LogP contribution < -0.4 is 10.6 Å². The van der Waals surface area contributed by atoms with Crippen molar-refractivity contribution in [2.24, 2.45) is 5.41 Å². The number of carboxylic acid groups (broad SMARTS) is 1. The summed E-state index contributed by atoms with van der Waals surface area (Å²) in [5.74, 6) is -0.764. The molecule has 0 atom stereocenters. The summed E-state index contributed by atoms with van der Waals surface area (Å²) in [6.45, 7) is 4.96. The molecule has 2 amide bonds. The maximum atomic E-state index is 11.6. The van der Waals surface area contributed by atoms with E-state index < -0.39 is 5.97 Å². The Kier molecular flexibility index (Phi) is 7.36. The molecule has 1 heterocycles. The number of carbonyl (C=O) groups excluding carboxylic acids is 1. The van der Waals surface area contributed by atoms with Crippen LogP contribution in [0, 0.1) is 5.41 Å². The first kappa shape index (κ1) is 16.8. The molecule has 1 aliphatic heterocycles. The second kappa shape index (κ2) is 8.79. The second-order valence-corrected chi connectivity index (χ2v) is 5.74. The molecule has 1 rings (SSSR count). The lowest BCUT2D eigenvalue weighted by atomic mass is 9.82. The molecule has 6 nitrogen and oxygen atoms in total. The summed E-state index contributed by atoms with van der Waals surface area (Å²) in [5.41, 5.74) is 0.136. The van der Waals surface area contributed by atoms with Gasteiger partial charge in [0.15, 0.2) is 0 Å². The molecular weight excluding hydrogens is 260 g/mol. The highest BCUT2D eigenvalue weighted by molar-refractivity contribution is 5.73. The van der Waals surface area contributed by atoms with Crippen molar-refractivity contribution in [2.45, 2.75) is 45.4 Å². The normalized spacial score (nSPS) is 17.4. The van der Waals surface area contributed by atoms with Gasteiger partial charge in [0.05, 0.1) is 0 Å². The second-order valence-electron chi connectivity index (χ2n) is 5.74. The fourth-order valence-corrected chi connectivity index (χ4v) is 2.18. The topological polar surface area (TPSA) is 87.7 Å². The standard InChI is InChI=1S/C14H26N2O4/c1-14(6-9-20-10-7-14)11-16-13(19)15-8-4-2-3-5-12(17)18/h2-11H2,1H3,(H,17,18)(H2,15,16,19). The van der Waals surface area contributed by atoms with E-state index in [2.05, 4.69) is 17.6 Å². The molecule has 3 N–H and O–H groups in total. The first-order valence-electron chi connectivity index (χ1n) is 7.33. The minimum Gasteiger partial charge on any atom is -0.481 e. The van der Waals surface area contributed by atoms with E-state index >= 15 is 0 Å². The maximum Gasteiger partial charge on any atom is 0.314 e. The van der Waals surface area contributed by atoms with Crippen molar-refractivity contribution in [2.75, 3.05) is 26.3 Å². The van der Waals surface area contributed by atoms with Crippen molar-refractivity contribution < 1.29 is 19.4 Å². The molecular formula is C14H26N2O4. The van der Waals surface area contributed by atoms with E-state index in [-0.39, 0.29) is 17.9 Å². The molecule has 1 aliphatic rings. The van der Waals surface area contributed by atoms with Crippen LogP contribution >= 0.6 is 0 Å². The fourth-order valence-electron chi connectivity index (χ4n) is 2.18. The van der Waals surface area contributed by atoms with Crippen LogP contribution in [0.5, 0.6) is 0 Å². The summed E-state index contributed by atoms with van der Waals surface area (Å²) in [5, 5.41) is 14.2. The van der Waals surface area contributed by atoms with Crippen LogP contribution in [0.4, 0.5) is 4.79 Å².